The smallest absolute Gasteiger partial charge is 0.271 e. The van der Waals surface area contributed by atoms with E-state index >= 15 is 0 Å². The van der Waals surface area contributed by atoms with Gasteiger partial charge in [0, 0.05) is 19.6 Å². The molecule has 5 nitrogen and oxygen atoms in total. The summed E-state index contributed by atoms with van der Waals surface area (Å²) in [6.45, 7) is 5.56. The maximum Gasteiger partial charge on any atom is 0.271 e. The summed E-state index contributed by atoms with van der Waals surface area (Å²) in [5, 5.41) is 10.8. The van der Waals surface area contributed by atoms with Gasteiger partial charge in [-0.2, -0.15) is 0 Å². The van der Waals surface area contributed by atoms with E-state index in [1.54, 1.807) is 13.1 Å². The highest BCUT2D eigenvalue weighted by atomic mass is 16.1. The number of carbonyl (C=O) groups excluding carboxylic acids is 1. The molecule has 20 heavy (non-hydrogen) atoms. The molecule has 0 spiro atoms. The molecule has 5 heteroatoms. The molecule has 1 saturated heterocycles. The summed E-state index contributed by atoms with van der Waals surface area (Å²) in [4.78, 5) is 13.8. The van der Waals surface area contributed by atoms with Crippen LogP contribution in [0.5, 0.6) is 0 Å². The Balaban J connectivity index is 2.04. The highest BCUT2D eigenvalue weighted by molar-refractivity contribution is 5.91. The third-order valence-electron chi connectivity index (χ3n) is 3.86. The van der Waals surface area contributed by atoms with Gasteiger partial charge in [-0.1, -0.05) is 13.8 Å². The molecule has 1 N–H and O–H groups in total. The van der Waals surface area contributed by atoms with E-state index in [4.69, 9.17) is 0 Å². The number of anilines is 1. The molecule has 1 atom stereocenters. The lowest BCUT2D eigenvalue weighted by Crippen LogP contribution is -2.30. The largest absolute Gasteiger partial charge is 0.354 e. The molecule has 1 aromatic heterocycles. The second-order valence-electron chi connectivity index (χ2n) is 5.82. The number of amides is 1. The van der Waals surface area contributed by atoms with Gasteiger partial charge in [0.15, 0.2) is 11.5 Å². The fourth-order valence-electron chi connectivity index (χ4n) is 2.69. The first-order valence-corrected chi connectivity index (χ1v) is 7.44. The zero-order valence-electron chi connectivity index (χ0n) is 12.6. The monoisotopic (exact) mass is 276 g/mol. The summed E-state index contributed by atoms with van der Waals surface area (Å²) in [5.74, 6) is 1.44. The molecule has 0 bridgehead atoms. The Kier molecular flexibility index (Phi) is 4.93. The third kappa shape index (κ3) is 3.46. The lowest BCUT2D eigenvalue weighted by molar-refractivity contribution is 0.0957. The van der Waals surface area contributed by atoms with Crippen LogP contribution in [0.2, 0.25) is 0 Å². The Morgan fingerprint density at radius 1 is 1.45 bits per heavy atom. The van der Waals surface area contributed by atoms with Crippen molar-refractivity contribution in [1.29, 1.82) is 0 Å². The molecule has 110 valence electrons. The normalized spacial score (nSPS) is 18.6. The zero-order valence-corrected chi connectivity index (χ0v) is 12.6. The first-order valence-electron chi connectivity index (χ1n) is 7.44. The summed E-state index contributed by atoms with van der Waals surface area (Å²) in [6, 6.07) is 4.22. The lowest BCUT2D eigenvalue weighted by atomic mass is 10.0. The van der Waals surface area contributed by atoms with Gasteiger partial charge in [-0.15, -0.1) is 10.2 Å². The topological polar surface area (TPSA) is 58.1 Å². The minimum Gasteiger partial charge on any atom is -0.354 e. The quantitative estimate of drug-likeness (QED) is 0.896. The van der Waals surface area contributed by atoms with Crippen molar-refractivity contribution in [3.8, 4) is 0 Å². The molecule has 2 heterocycles. The summed E-state index contributed by atoms with van der Waals surface area (Å²) < 4.78 is 0. The summed E-state index contributed by atoms with van der Waals surface area (Å²) in [7, 11) is 1.60. The number of nitrogens with one attached hydrogen (secondary N) is 1. The van der Waals surface area contributed by atoms with Gasteiger partial charge in [-0.3, -0.25) is 4.79 Å². The molecule has 1 amide bonds. The van der Waals surface area contributed by atoms with Gasteiger partial charge in [0.25, 0.3) is 5.91 Å². The lowest BCUT2D eigenvalue weighted by Gasteiger charge is -2.25. The molecule has 2 rings (SSSR count). The fourth-order valence-corrected chi connectivity index (χ4v) is 2.69. The van der Waals surface area contributed by atoms with Crippen LogP contribution in [-0.2, 0) is 0 Å². The van der Waals surface area contributed by atoms with Gasteiger partial charge >= 0.3 is 0 Å². The van der Waals surface area contributed by atoms with Crippen LogP contribution < -0.4 is 10.2 Å². The Bertz CT molecular complexity index is 444. The first kappa shape index (κ1) is 14.8. The predicted octanol–water partition coefficient (Wildman–Crippen LogP) is 2.24. The van der Waals surface area contributed by atoms with E-state index in [0.29, 0.717) is 11.7 Å². The van der Waals surface area contributed by atoms with Crippen molar-refractivity contribution in [2.45, 2.75) is 45.6 Å². The second-order valence-corrected chi connectivity index (χ2v) is 5.82. The number of aromatic nitrogens is 2. The van der Waals surface area contributed by atoms with E-state index in [-0.39, 0.29) is 5.91 Å². The van der Waals surface area contributed by atoms with Crippen LogP contribution in [0, 0.1) is 5.92 Å². The highest BCUT2D eigenvalue weighted by Crippen LogP contribution is 2.27. The van der Waals surface area contributed by atoms with E-state index in [9.17, 15) is 4.79 Å². The van der Waals surface area contributed by atoms with Crippen LogP contribution >= 0.6 is 0 Å². The first-order chi connectivity index (χ1) is 9.61. The Morgan fingerprint density at radius 2 is 2.25 bits per heavy atom. The molecule has 0 aliphatic carbocycles. The average molecular weight is 276 g/mol. The Morgan fingerprint density at radius 3 is 2.85 bits per heavy atom. The minimum atomic E-state index is -0.193. The average Bonchev–Trinajstić information content (AvgIpc) is 2.93. The van der Waals surface area contributed by atoms with Crippen LogP contribution in [-0.4, -0.2) is 35.7 Å². The van der Waals surface area contributed by atoms with Gasteiger partial charge in [0.2, 0.25) is 0 Å². The van der Waals surface area contributed by atoms with Crippen LogP contribution in [0.4, 0.5) is 5.82 Å². The van der Waals surface area contributed by atoms with Crippen LogP contribution in [0.25, 0.3) is 0 Å². The Hall–Kier alpha value is -1.65. The van der Waals surface area contributed by atoms with Crippen molar-refractivity contribution in [1.82, 2.24) is 15.5 Å². The number of hydrogen-bond donors (Lipinski definition) is 1. The van der Waals surface area contributed by atoms with E-state index < -0.39 is 0 Å². The molecule has 0 saturated carbocycles. The molecule has 1 aromatic rings. The second kappa shape index (κ2) is 6.68. The maximum atomic E-state index is 11.5. The molecule has 0 aromatic carbocycles. The molecular formula is C15H24N4O. The highest BCUT2D eigenvalue weighted by Gasteiger charge is 2.25. The van der Waals surface area contributed by atoms with Gasteiger partial charge in [-0.25, -0.2) is 0 Å². The zero-order chi connectivity index (χ0) is 14.5. The summed E-state index contributed by atoms with van der Waals surface area (Å²) in [6.07, 6.45) is 4.88. The van der Waals surface area contributed by atoms with E-state index in [1.807, 2.05) is 6.07 Å². The standard InChI is InChI=1S/C15H24N4O/c1-11(2)6-7-12-5-4-10-19(12)14-9-8-13(17-18-14)15(20)16-3/h8-9,11-12H,4-7,10H2,1-3H3,(H,16,20). The maximum absolute atomic E-state index is 11.5. The van der Waals surface area contributed by atoms with Gasteiger partial charge in [0.1, 0.15) is 0 Å². The molecular weight excluding hydrogens is 252 g/mol. The minimum absolute atomic E-state index is 0.193. The van der Waals surface area contributed by atoms with Crippen molar-refractivity contribution in [2.24, 2.45) is 5.92 Å². The van der Waals surface area contributed by atoms with Crippen LogP contribution in [0.1, 0.15) is 50.0 Å². The van der Waals surface area contributed by atoms with Crippen LogP contribution in [0.3, 0.4) is 0 Å². The van der Waals surface area contributed by atoms with Crippen molar-refractivity contribution in [3.05, 3.63) is 17.8 Å². The molecule has 1 unspecified atom stereocenters. The van der Waals surface area contributed by atoms with E-state index in [2.05, 4.69) is 34.3 Å². The number of nitrogens with zero attached hydrogens (tertiary/aromatic N) is 3. The summed E-state index contributed by atoms with van der Waals surface area (Å²) >= 11 is 0. The van der Waals surface area contributed by atoms with Gasteiger partial charge in [0.05, 0.1) is 0 Å². The van der Waals surface area contributed by atoms with Gasteiger partial charge < -0.3 is 10.2 Å². The molecule has 1 fully saturated rings. The molecule has 1 aliphatic heterocycles. The molecule has 0 radical (unpaired) electrons. The Labute approximate surface area is 120 Å². The van der Waals surface area contributed by atoms with Gasteiger partial charge in [-0.05, 0) is 43.7 Å². The predicted molar refractivity (Wildman–Crippen MR) is 79.9 cm³/mol. The third-order valence-corrected chi connectivity index (χ3v) is 3.86. The fraction of sp³-hybridized carbons (Fsp3) is 0.667. The number of hydrogen-bond acceptors (Lipinski definition) is 4. The summed E-state index contributed by atoms with van der Waals surface area (Å²) in [5.41, 5.74) is 0.370. The number of carbonyl (C=O) groups is 1. The van der Waals surface area contributed by atoms with E-state index in [0.717, 1.165) is 18.3 Å². The number of rotatable bonds is 5. The van der Waals surface area contributed by atoms with E-state index in [1.165, 1.54) is 25.7 Å². The van der Waals surface area contributed by atoms with Crippen LogP contribution in [0.15, 0.2) is 12.1 Å². The van der Waals surface area contributed by atoms with Crippen molar-refractivity contribution in [2.75, 3.05) is 18.5 Å². The molecule has 1 aliphatic rings. The van der Waals surface area contributed by atoms with Crippen molar-refractivity contribution >= 4 is 11.7 Å². The van der Waals surface area contributed by atoms with Crippen molar-refractivity contribution in [3.63, 3.8) is 0 Å². The van der Waals surface area contributed by atoms with Crippen molar-refractivity contribution < 1.29 is 4.79 Å². The SMILES string of the molecule is CNC(=O)c1ccc(N2CCCC2CCC(C)C)nn1.